The molecule has 1 atom stereocenters. The third kappa shape index (κ3) is 4.04. The average molecular weight is 308 g/mol. The van der Waals surface area contributed by atoms with Gasteiger partial charge in [-0.25, -0.2) is 4.98 Å². The van der Waals surface area contributed by atoms with Crippen LogP contribution in [-0.4, -0.2) is 22.2 Å². The number of rotatable bonds is 7. The SMILES string of the molecule is CC(C)(COc1ccccc1Cl)C(Cn1ccnc1)N=O. The molecule has 0 N–H and O–H groups in total. The smallest absolute Gasteiger partial charge is 0.137 e. The first-order chi connectivity index (χ1) is 10.0. The van der Waals surface area contributed by atoms with Gasteiger partial charge in [-0.1, -0.05) is 42.8 Å². The minimum Gasteiger partial charge on any atom is -0.491 e. The van der Waals surface area contributed by atoms with Gasteiger partial charge in [-0.15, -0.1) is 0 Å². The number of benzene rings is 1. The van der Waals surface area contributed by atoms with E-state index in [1.54, 1.807) is 24.7 Å². The predicted molar refractivity (Wildman–Crippen MR) is 82.5 cm³/mol. The number of halogens is 1. The Morgan fingerprint density at radius 3 is 2.81 bits per heavy atom. The topological polar surface area (TPSA) is 56.5 Å². The number of hydrogen-bond acceptors (Lipinski definition) is 4. The highest BCUT2D eigenvalue weighted by Crippen LogP contribution is 2.29. The number of para-hydroxylation sites is 1. The van der Waals surface area contributed by atoms with Gasteiger partial charge < -0.3 is 9.30 Å². The Bertz CT molecular complexity index is 584. The van der Waals surface area contributed by atoms with E-state index in [-0.39, 0.29) is 0 Å². The molecule has 1 aromatic heterocycles. The Labute approximate surface area is 128 Å². The average Bonchev–Trinajstić information content (AvgIpc) is 2.97. The van der Waals surface area contributed by atoms with Gasteiger partial charge in [0, 0.05) is 17.8 Å². The molecule has 0 aliphatic carbocycles. The molecule has 1 aromatic carbocycles. The van der Waals surface area contributed by atoms with Crippen LogP contribution in [0.1, 0.15) is 13.8 Å². The monoisotopic (exact) mass is 307 g/mol. The molecule has 0 bridgehead atoms. The van der Waals surface area contributed by atoms with Gasteiger partial charge in [0.1, 0.15) is 11.8 Å². The van der Waals surface area contributed by atoms with Gasteiger partial charge in [0.15, 0.2) is 0 Å². The molecule has 21 heavy (non-hydrogen) atoms. The van der Waals surface area contributed by atoms with Gasteiger partial charge in [0.2, 0.25) is 0 Å². The molecule has 6 heteroatoms. The highest BCUT2D eigenvalue weighted by atomic mass is 35.5. The molecule has 0 fully saturated rings. The number of nitroso groups, excluding NO2 is 1. The molecule has 5 nitrogen and oxygen atoms in total. The maximum atomic E-state index is 11.2. The van der Waals surface area contributed by atoms with Crippen molar-refractivity contribution in [2.24, 2.45) is 10.6 Å². The van der Waals surface area contributed by atoms with Crippen molar-refractivity contribution in [3.8, 4) is 5.75 Å². The second kappa shape index (κ2) is 6.72. The second-order valence-corrected chi connectivity index (χ2v) is 6.00. The summed E-state index contributed by atoms with van der Waals surface area (Å²) in [6, 6.07) is 6.85. The fraction of sp³-hybridized carbons (Fsp3) is 0.400. The van der Waals surface area contributed by atoms with E-state index in [1.165, 1.54) is 0 Å². The van der Waals surface area contributed by atoms with Gasteiger partial charge in [-0.05, 0) is 12.1 Å². The Morgan fingerprint density at radius 1 is 1.43 bits per heavy atom. The second-order valence-electron chi connectivity index (χ2n) is 5.59. The first kappa shape index (κ1) is 15.5. The van der Waals surface area contributed by atoms with Crippen LogP contribution in [0.5, 0.6) is 5.75 Å². The maximum Gasteiger partial charge on any atom is 0.137 e. The predicted octanol–water partition coefficient (Wildman–Crippen LogP) is 3.78. The van der Waals surface area contributed by atoms with Gasteiger partial charge in [-0.2, -0.15) is 4.91 Å². The van der Waals surface area contributed by atoms with Crippen molar-refractivity contribution in [2.45, 2.75) is 26.4 Å². The summed E-state index contributed by atoms with van der Waals surface area (Å²) in [5, 5.41) is 3.81. The molecule has 0 saturated heterocycles. The molecule has 0 aliphatic heterocycles. The van der Waals surface area contributed by atoms with E-state index in [4.69, 9.17) is 16.3 Å². The molecule has 0 aliphatic rings. The number of aromatic nitrogens is 2. The van der Waals surface area contributed by atoms with Crippen LogP contribution in [0.15, 0.2) is 48.2 Å². The number of nitrogens with zero attached hydrogens (tertiary/aromatic N) is 3. The Balaban J connectivity index is 2.02. The third-order valence-corrected chi connectivity index (χ3v) is 3.72. The number of hydrogen-bond donors (Lipinski definition) is 0. The van der Waals surface area contributed by atoms with E-state index in [1.807, 2.05) is 36.7 Å². The van der Waals surface area contributed by atoms with Crippen LogP contribution in [0.3, 0.4) is 0 Å². The van der Waals surface area contributed by atoms with E-state index in [0.717, 1.165) is 0 Å². The molecular formula is C15H18ClN3O2. The molecule has 0 saturated carbocycles. The molecule has 2 rings (SSSR count). The van der Waals surface area contributed by atoms with Gasteiger partial charge in [-0.3, -0.25) is 0 Å². The van der Waals surface area contributed by atoms with Crippen LogP contribution < -0.4 is 4.74 Å². The largest absolute Gasteiger partial charge is 0.491 e. The minimum absolute atomic E-state index is 0.349. The van der Waals surface area contributed by atoms with Crippen LogP contribution in [0.4, 0.5) is 0 Å². The van der Waals surface area contributed by atoms with E-state index in [2.05, 4.69) is 10.2 Å². The lowest BCUT2D eigenvalue weighted by Crippen LogP contribution is -2.36. The first-order valence-corrected chi connectivity index (χ1v) is 7.06. The van der Waals surface area contributed by atoms with Crippen molar-refractivity contribution >= 4 is 11.6 Å². The first-order valence-electron chi connectivity index (χ1n) is 6.68. The van der Waals surface area contributed by atoms with E-state index < -0.39 is 11.5 Å². The van der Waals surface area contributed by atoms with Crippen molar-refractivity contribution in [3.63, 3.8) is 0 Å². The van der Waals surface area contributed by atoms with Gasteiger partial charge >= 0.3 is 0 Å². The lowest BCUT2D eigenvalue weighted by molar-refractivity contribution is 0.141. The molecule has 112 valence electrons. The highest BCUT2D eigenvalue weighted by molar-refractivity contribution is 6.32. The quantitative estimate of drug-likeness (QED) is 0.731. The molecule has 2 aromatic rings. The summed E-state index contributed by atoms with van der Waals surface area (Å²) < 4.78 is 7.58. The Kier molecular flexibility index (Phi) is 4.96. The Morgan fingerprint density at radius 2 is 2.19 bits per heavy atom. The summed E-state index contributed by atoms with van der Waals surface area (Å²) in [5.41, 5.74) is -0.425. The minimum atomic E-state index is -0.425. The number of imidazole rings is 1. The van der Waals surface area contributed by atoms with Crippen molar-refractivity contribution in [1.82, 2.24) is 9.55 Å². The van der Waals surface area contributed by atoms with Crippen molar-refractivity contribution in [1.29, 1.82) is 0 Å². The number of ether oxygens (including phenoxy) is 1. The normalized spacial score (nSPS) is 12.9. The van der Waals surface area contributed by atoms with Gasteiger partial charge in [0.05, 0.1) is 24.5 Å². The Hall–Kier alpha value is -1.88. The molecule has 1 unspecified atom stereocenters. The standard InChI is InChI=1S/C15H18ClN3O2/c1-15(2,10-21-13-6-4-3-5-12(13)16)14(18-20)9-19-8-7-17-11-19/h3-8,11,14H,9-10H2,1-2H3. The van der Waals surface area contributed by atoms with E-state index in [9.17, 15) is 4.91 Å². The van der Waals surface area contributed by atoms with Crippen LogP contribution in [0.2, 0.25) is 5.02 Å². The van der Waals surface area contributed by atoms with Crippen molar-refractivity contribution < 1.29 is 4.74 Å². The highest BCUT2D eigenvalue weighted by Gasteiger charge is 2.32. The lowest BCUT2D eigenvalue weighted by atomic mass is 9.85. The summed E-state index contributed by atoms with van der Waals surface area (Å²) >= 11 is 6.06. The zero-order valence-electron chi connectivity index (χ0n) is 12.1. The van der Waals surface area contributed by atoms with Crippen LogP contribution in [0, 0.1) is 10.3 Å². The van der Waals surface area contributed by atoms with E-state index in [0.29, 0.717) is 23.9 Å². The van der Waals surface area contributed by atoms with Crippen molar-refractivity contribution in [3.05, 3.63) is 52.9 Å². The van der Waals surface area contributed by atoms with E-state index >= 15 is 0 Å². The third-order valence-electron chi connectivity index (χ3n) is 3.41. The van der Waals surface area contributed by atoms with Crippen LogP contribution in [0.25, 0.3) is 0 Å². The van der Waals surface area contributed by atoms with Gasteiger partial charge in [0.25, 0.3) is 0 Å². The maximum absolute atomic E-state index is 11.2. The molecule has 0 spiro atoms. The summed E-state index contributed by atoms with van der Waals surface area (Å²) in [6.07, 6.45) is 5.15. The van der Waals surface area contributed by atoms with Crippen molar-refractivity contribution in [2.75, 3.05) is 6.61 Å². The summed E-state index contributed by atoms with van der Waals surface area (Å²) in [6.45, 7) is 4.73. The summed E-state index contributed by atoms with van der Waals surface area (Å²) in [4.78, 5) is 15.2. The fourth-order valence-electron chi connectivity index (χ4n) is 1.94. The molecule has 0 radical (unpaired) electrons. The fourth-order valence-corrected chi connectivity index (χ4v) is 2.13. The summed E-state index contributed by atoms with van der Waals surface area (Å²) in [7, 11) is 0. The lowest BCUT2D eigenvalue weighted by Gasteiger charge is -2.29. The summed E-state index contributed by atoms with van der Waals surface area (Å²) in [5.74, 6) is 0.611. The van der Waals surface area contributed by atoms with Crippen LogP contribution in [-0.2, 0) is 6.54 Å². The molecular weight excluding hydrogens is 290 g/mol. The molecule has 0 amide bonds. The zero-order valence-corrected chi connectivity index (χ0v) is 12.8. The zero-order chi connectivity index (χ0) is 15.3. The molecule has 1 heterocycles. The van der Waals surface area contributed by atoms with Crippen LogP contribution >= 0.6 is 11.6 Å².